The largest absolute Gasteiger partial charge is 0.503 e. The minimum Gasteiger partial charge on any atom is -0.503 e. The van der Waals surface area contributed by atoms with Gasteiger partial charge in [-0.2, -0.15) is 0 Å². The number of Topliss-reactive ketones (excluding diaryl/α,β-unsaturated/α-hetero) is 1. The van der Waals surface area contributed by atoms with Crippen molar-refractivity contribution in [2.75, 3.05) is 6.54 Å². The molecule has 0 bridgehead atoms. The second-order valence-corrected chi connectivity index (χ2v) is 7.23. The van der Waals surface area contributed by atoms with Crippen LogP contribution in [0, 0.1) is 10.1 Å². The van der Waals surface area contributed by atoms with Crippen LogP contribution >= 0.6 is 11.6 Å². The fourth-order valence-electron chi connectivity index (χ4n) is 3.03. The quantitative estimate of drug-likeness (QED) is 0.290. The van der Waals surface area contributed by atoms with E-state index in [-0.39, 0.29) is 33.1 Å². The molecule has 0 aliphatic carbocycles. The molecule has 31 heavy (non-hydrogen) atoms. The highest BCUT2D eigenvalue weighted by Crippen LogP contribution is 2.26. The smallest absolute Gasteiger partial charge is 0.288 e. The van der Waals surface area contributed by atoms with Gasteiger partial charge in [0.25, 0.3) is 11.6 Å². The average molecular weight is 444 g/mol. The monoisotopic (exact) mass is 443 g/mol. The Morgan fingerprint density at radius 3 is 2.58 bits per heavy atom. The van der Waals surface area contributed by atoms with Crippen molar-refractivity contribution < 1.29 is 19.6 Å². The Morgan fingerprint density at radius 1 is 1.19 bits per heavy atom. The van der Waals surface area contributed by atoms with Crippen molar-refractivity contribution in [1.82, 2.24) is 10.3 Å². The zero-order valence-corrected chi connectivity index (χ0v) is 17.2. The number of fused-ring (bicyclic) bond motifs is 1. The summed E-state index contributed by atoms with van der Waals surface area (Å²) in [6.07, 6.45) is 0.348. The van der Waals surface area contributed by atoms with Crippen LogP contribution in [-0.2, 0) is 6.42 Å². The number of pyridine rings is 1. The van der Waals surface area contributed by atoms with Crippen LogP contribution in [0.1, 0.15) is 39.8 Å². The number of hydrogen-bond acceptors (Lipinski definition) is 6. The van der Waals surface area contributed by atoms with Gasteiger partial charge in [0.15, 0.2) is 11.5 Å². The van der Waals surface area contributed by atoms with E-state index in [1.807, 2.05) is 6.92 Å². The number of nitrogens with zero attached hydrogens (tertiary/aromatic N) is 1. The average Bonchev–Trinajstić information content (AvgIpc) is 2.75. The van der Waals surface area contributed by atoms with Crippen molar-refractivity contribution >= 4 is 39.9 Å². The number of hydrogen-bond donors (Lipinski definition) is 3. The molecule has 0 aliphatic heterocycles. The molecule has 0 aliphatic rings. The molecule has 0 atom stereocenters. The topological polar surface area (TPSA) is 142 Å². The lowest BCUT2D eigenvalue weighted by atomic mass is 10.0. The Labute approximate surface area is 180 Å². The van der Waals surface area contributed by atoms with Crippen molar-refractivity contribution in [3.63, 3.8) is 0 Å². The van der Waals surface area contributed by atoms with Crippen molar-refractivity contribution in [2.24, 2.45) is 0 Å². The van der Waals surface area contributed by atoms with Crippen LogP contribution in [0.3, 0.4) is 0 Å². The highest BCUT2D eigenvalue weighted by atomic mass is 35.5. The number of ketones is 1. The van der Waals surface area contributed by atoms with Crippen LogP contribution in [0.4, 0.5) is 5.69 Å². The first-order valence-electron chi connectivity index (χ1n) is 9.36. The third kappa shape index (κ3) is 4.56. The summed E-state index contributed by atoms with van der Waals surface area (Å²) in [5.74, 6) is -1.52. The number of benzene rings is 2. The summed E-state index contributed by atoms with van der Waals surface area (Å²) in [6.45, 7) is 2.41. The van der Waals surface area contributed by atoms with Gasteiger partial charge in [0.05, 0.1) is 22.6 Å². The Balaban J connectivity index is 1.98. The molecule has 1 aromatic heterocycles. The zero-order valence-electron chi connectivity index (χ0n) is 16.4. The number of nitro benzene ring substituents is 1. The molecule has 0 radical (unpaired) electrons. The summed E-state index contributed by atoms with van der Waals surface area (Å²) in [7, 11) is 0. The Hall–Kier alpha value is -3.72. The summed E-state index contributed by atoms with van der Waals surface area (Å²) < 4.78 is 0. The van der Waals surface area contributed by atoms with Gasteiger partial charge in [-0.05, 0) is 36.8 Å². The Morgan fingerprint density at radius 2 is 1.90 bits per heavy atom. The fraction of sp³-hybridized carbons (Fsp3) is 0.190. The van der Waals surface area contributed by atoms with Crippen molar-refractivity contribution in [2.45, 2.75) is 19.8 Å². The molecule has 3 rings (SSSR count). The summed E-state index contributed by atoms with van der Waals surface area (Å²) in [5, 5.41) is 24.1. The number of aromatic amines is 1. The summed E-state index contributed by atoms with van der Waals surface area (Å²) in [4.78, 5) is 50.5. The molecule has 9 nitrogen and oxygen atoms in total. The van der Waals surface area contributed by atoms with Gasteiger partial charge < -0.3 is 15.4 Å². The van der Waals surface area contributed by atoms with E-state index >= 15 is 0 Å². The Bertz CT molecular complexity index is 1270. The van der Waals surface area contributed by atoms with Gasteiger partial charge in [0, 0.05) is 29.1 Å². The van der Waals surface area contributed by atoms with Gasteiger partial charge >= 0.3 is 0 Å². The summed E-state index contributed by atoms with van der Waals surface area (Å²) in [5.41, 5.74) is -0.592. The van der Waals surface area contributed by atoms with Crippen LogP contribution in [0.15, 0.2) is 41.2 Å². The van der Waals surface area contributed by atoms with Gasteiger partial charge in [-0.3, -0.25) is 24.5 Å². The highest BCUT2D eigenvalue weighted by Gasteiger charge is 2.20. The lowest BCUT2D eigenvalue weighted by molar-refractivity contribution is -0.384. The van der Waals surface area contributed by atoms with E-state index in [4.69, 9.17) is 11.6 Å². The molecule has 3 N–H and O–H groups in total. The van der Waals surface area contributed by atoms with E-state index < -0.39 is 34.0 Å². The van der Waals surface area contributed by atoms with E-state index in [0.29, 0.717) is 12.1 Å². The van der Waals surface area contributed by atoms with Crippen molar-refractivity contribution in [3.8, 4) is 5.75 Å². The number of carbonyl (C=O) groups is 2. The van der Waals surface area contributed by atoms with E-state index in [0.717, 1.165) is 12.5 Å². The van der Waals surface area contributed by atoms with Crippen LogP contribution in [0.2, 0.25) is 5.02 Å². The molecule has 0 unspecified atom stereocenters. The second kappa shape index (κ2) is 8.97. The molecule has 0 saturated carbocycles. The third-order valence-corrected chi connectivity index (χ3v) is 4.97. The maximum absolute atomic E-state index is 12.6. The number of carbonyl (C=O) groups excluding carboxylic acids is 2. The standard InChI is InChI=1S/C21H18ClN3O6/c1-2-7-23-21(29)12-3-5-13-15(8-12)24-16(20(28)19(13)27)10-18(26)11-4-6-14(22)17(9-11)25(30)31/h3-6,8-9,28H,2,7,10H2,1H3,(H,23,29)(H,24,27). The van der Waals surface area contributed by atoms with Gasteiger partial charge in [-0.1, -0.05) is 18.5 Å². The number of aromatic hydroxyl groups is 1. The first-order valence-corrected chi connectivity index (χ1v) is 9.74. The molecule has 1 amide bonds. The second-order valence-electron chi connectivity index (χ2n) is 6.82. The van der Waals surface area contributed by atoms with Gasteiger partial charge in [0.2, 0.25) is 5.43 Å². The predicted octanol–water partition coefficient (Wildman–Crippen LogP) is 3.36. The molecule has 0 fully saturated rings. The molecular formula is C21H18ClN3O6. The van der Waals surface area contributed by atoms with Gasteiger partial charge in [0.1, 0.15) is 5.02 Å². The number of aromatic nitrogens is 1. The number of nitrogens with one attached hydrogen (secondary N) is 2. The third-order valence-electron chi connectivity index (χ3n) is 4.65. The first-order chi connectivity index (χ1) is 14.7. The molecule has 2 aromatic carbocycles. The highest BCUT2D eigenvalue weighted by molar-refractivity contribution is 6.32. The van der Waals surface area contributed by atoms with Crippen LogP contribution < -0.4 is 10.7 Å². The molecule has 1 heterocycles. The van der Waals surface area contributed by atoms with E-state index in [2.05, 4.69) is 10.3 Å². The minimum absolute atomic E-state index is 0.00383. The lowest BCUT2D eigenvalue weighted by Gasteiger charge is -2.09. The van der Waals surface area contributed by atoms with E-state index in [1.165, 1.54) is 30.3 Å². The Kier molecular flexibility index (Phi) is 6.36. The minimum atomic E-state index is -0.709. The van der Waals surface area contributed by atoms with E-state index in [9.17, 15) is 29.6 Å². The zero-order chi connectivity index (χ0) is 22.7. The number of rotatable bonds is 7. The van der Waals surface area contributed by atoms with Crippen LogP contribution in [-0.4, -0.2) is 33.2 Å². The van der Waals surface area contributed by atoms with Crippen molar-refractivity contribution in [3.05, 3.63) is 78.6 Å². The SMILES string of the molecule is CCCNC(=O)c1ccc2c(=O)c(O)c(CC(=O)c3ccc(Cl)c([N+](=O)[O-])c3)[nH]c2c1. The fourth-order valence-corrected chi connectivity index (χ4v) is 3.22. The molecule has 3 aromatic rings. The van der Waals surface area contributed by atoms with E-state index in [1.54, 1.807) is 0 Å². The molecule has 0 saturated heterocycles. The van der Waals surface area contributed by atoms with Gasteiger partial charge in [-0.25, -0.2) is 0 Å². The lowest BCUT2D eigenvalue weighted by Crippen LogP contribution is -2.24. The van der Waals surface area contributed by atoms with Crippen LogP contribution in [0.5, 0.6) is 5.75 Å². The molecule has 0 spiro atoms. The number of halogens is 1. The molecular weight excluding hydrogens is 426 g/mol. The van der Waals surface area contributed by atoms with Crippen molar-refractivity contribution in [1.29, 1.82) is 0 Å². The maximum atomic E-state index is 12.6. The predicted molar refractivity (Wildman–Crippen MR) is 115 cm³/mol. The normalized spacial score (nSPS) is 10.8. The first kappa shape index (κ1) is 22.0. The maximum Gasteiger partial charge on any atom is 0.288 e. The molecule has 10 heteroatoms. The van der Waals surface area contributed by atoms with Gasteiger partial charge in [-0.15, -0.1) is 0 Å². The summed E-state index contributed by atoms with van der Waals surface area (Å²) >= 11 is 5.77. The van der Waals surface area contributed by atoms with Crippen LogP contribution in [0.25, 0.3) is 10.9 Å². The molecule has 160 valence electrons. The number of amides is 1. The summed E-state index contributed by atoms with van der Waals surface area (Å²) in [6, 6.07) is 7.95. The number of nitro groups is 1. The number of H-pyrrole nitrogens is 1.